The lowest BCUT2D eigenvalue weighted by atomic mass is 10.1. The first-order valence-electron chi connectivity index (χ1n) is 5.55. The van der Waals surface area contributed by atoms with Crippen LogP contribution in [0.1, 0.15) is 12.8 Å². The molecule has 2 aliphatic rings. The second-order valence-electron chi connectivity index (χ2n) is 4.43. The number of hydrogen-bond acceptors (Lipinski definition) is 4. The molecule has 4 nitrogen and oxygen atoms in total. The van der Waals surface area contributed by atoms with Crippen molar-refractivity contribution in [2.45, 2.75) is 25.0 Å². The zero-order valence-electron chi connectivity index (χ0n) is 8.60. The minimum absolute atomic E-state index is 0.120. The van der Waals surface area contributed by atoms with E-state index in [9.17, 15) is 5.11 Å². The van der Waals surface area contributed by atoms with Crippen molar-refractivity contribution in [1.82, 2.24) is 9.80 Å². The molecule has 2 N–H and O–H groups in total. The highest BCUT2D eigenvalue weighted by Crippen LogP contribution is 2.21. The summed E-state index contributed by atoms with van der Waals surface area (Å²) >= 11 is 0. The molecule has 2 rings (SSSR count). The smallest absolute Gasteiger partial charge is 0.0897 e. The molecule has 2 unspecified atom stereocenters. The number of β-amino-alcohol motifs (C(OH)–C–C–N with tert-alkyl or cyclic N) is 1. The maximum atomic E-state index is 9.35. The van der Waals surface area contributed by atoms with E-state index < -0.39 is 6.10 Å². The van der Waals surface area contributed by atoms with Gasteiger partial charge in [-0.05, 0) is 19.4 Å². The van der Waals surface area contributed by atoms with E-state index >= 15 is 0 Å². The largest absolute Gasteiger partial charge is 0.394 e. The van der Waals surface area contributed by atoms with Crippen LogP contribution in [0.5, 0.6) is 0 Å². The summed E-state index contributed by atoms with van der Waals surface area (Å²) in [5, 5.41) is 18.1. The molecule has 0 bridgehead atoms. The van der Waals surface area contributed by atoms with Gasteiger partial charge in [0.05, 0.1) is 12.7 Å². The molecule has 2 aliphatic heterocycles. The van der Waals surface area contributed by atoms with Crippen molar-refractivity contribution in [3.05, 3.63) is 0 Å². The summed E-state index contributed by atoms with van der Waals surface area (Å²) in [7, 11) is 0. The third-order valence-electron chi connectivity index (χ3n) is 3.35. The predicted octanol–water partition coefficient (Wildman–Crippen LogP) is -0.880. The van der Waals surface area contributed by atoms with E-state index in [2.05, 4.69) is 9.80 Å². The molecule has 2 atom stereocenters. The van der Waals surface area contributed by atoms with Crippen molar-refractivity contribution in [3.8, 4) is 0 Å². The van der Waals surface area contributed by atoms with Crippen LogP contribution < -0.4 is 0 Å². The number of piperazine rings is 1. The van der Waals surface area contributed by atoms with Crippen LogP contribution in [0.3, 0.4) is 0 Å². The summed E-state index contributed by atoms with van der Waals surface area (Å²) in [6.07, 6.45) is 2.05. The van der Waals surface area contributed by atoms with Gasteiger partial charge in [-0.2, -0.15) is 0 Å². The van der Waals surface area contributed by atoms with Crippen molar-refractivity contribution in [2.75, 3.05) is 39.3 Å². The average Bonchev–Trinajstić information content (AvgIpc) is 2.64. The lowest BCUT2D eigenvalue weighted by molar-refractivity contribution is 0.0300. The van der Waals surface area contributed by atoms with Crippen LogP contribution in [0.25, 0.3) is 0 Å². The number of nitrogens with zero attached hydrogens (tertiary/aromatic N) is 2. The van der Waals surface area contributed by atoms with Crippen molar-refractivity contribution in [3.63, 3.8) is 0 Å². The second-order valence-corrected chi connectivity index (χ2v) is 4.43. The van der Waals surface area contributed by atoms with Crippen LogP contribution in [-0.4, -0.2) is 71.5 Å². The van der Waals surface area contributed by atoms with Crippen LogP contribution in [-0.2, 0) is 0 Å². The van der Waals surface area contributed by atoms with Crippen LogP contribution >= 0.6 is 0 Å². The van der Waals surface area contributed by atoms with Crippen LogP contribution in [0.4, 0.5) is 0 Å². The Hall–Kier alpha value is -0.160. The number of aliphatic hydroxyl groups excluding tert-OH is 2. The standard InChI is InChI=1S/C10H20N2O2/c13-8-10(14)7-11-4-5-12-3-1-2-9(12)6-11/h9-10,13-14H,1-8H2. The molecule has 0 aromatic rings. The molecule has 0 radical (unpaired) electrons. The number of rotatable bonds is 3. The Bertz CT molecular complexity index is 189. The molecule has 14 heavy (non-hydrogen) atoms. The summed E-state index contributed by atoms with van der Waals surface area (Å²) in [5.41, 5.74) is 0. The van der Waals surface area contributed by atoms with E-state index in [-0.39, 0.29) is 6.61 Å². The quantitative estimate of drug-likeness (QED) is 0.621. The lowest BCUT2D eigenvalue weighted by Gasteiger charge is -2.38. The van der Waals surface area contributed by atoms with Gasteiger partial charge in [0, 0.05) is 32.2 Å². The highest BCUT2D eigenvalue weighted by molar-refractivity contribution is 4.87. The van der Waals surface area contributed by atoms with Gasteiger partial charge >= 0.3 is 0 Å². The van der Waals surface area contributed by atoms with Crippen molar-refractivity contribution in [2.24, 2.45) is 0 Å². The minimum Gasteiger partial charge on any atom is -0.394 e. The number of fused-ring (bicyclic) bond motifs is 1. The Labute approximate surface area is 85.1 Å². The Morgan fingerprint density at radius 1 is 1.29 bits per heavy atom. The van der Waals surface area contributed by atoms with Crippen LogP contribution in [0.15, 0.2) is 0 Å². The van der Waals surface area contributed by atoms with Gasteiger partial charge in [0.25, 0.3) is 0 Å². The molecule has 0 amide bonds. The SMILES string of the molecule is OCC(O)CN1CCN2CCCC2C1. The predicted molar refractivity (Wildman–Crippen MR) is 54.1 cm³/mol. The maximum absolute atomic E-state index is 9.35. The molecule has 0 saturated carbocycles. The summed E-state index contributed by atoms with van der Waals surface area (Å²) in [6, 6.07) is 0.703. The summed E-state index contributed by atoms with van der Waals surface area (Å²) in [6.45, 7) is 4.99. The first-order valence-corrected chi connectivity index (χ1v) is 5.55. The molecule has 2 saturated heterocycles. The average molecular weight is 200 g/mol. The fourth-order valence-corrected chi connectivity index (χ4v) is 2.58. The molecule has 82 valence electrons. The minimum atomic E-state index is -0.567. The molecule has 0 aromatic carbocycles. The summed E-state index contributed by atoms with van der Waals surface area (Å²) < 4.78 is 0. The summed E-state index contributed by atoms with van der Waals surface area (Å²) in [5.74, 6) is 0. The topological polar surface area (TPSA) is 46.9 Å². The molecule has 0 aromatic heterocycles. The zero-order valence-corrected chi connectivity index (χ0v) is 8.60. The molecule has 2 fully saturated rings. The van der Waals surface area contributed by atoms with Crippen molar-refractivity contribution < 1.29 is 10.2 Å². The van der Waals surface area contributed by atoms with Gasteiger partial charge < -0.3 is 10.2 Å². The molecule has 2 heterocycles. The van der Waals surface area contributed by atoms with E-state index in [1.165, 1.54) is 19.4 Å². The maximum Gasteiger partial charge on any atom is 0.0897 e. The number of aliphatic hydroxyl groups is 2. The van der Waals surface area contributed by atoms with E-state index in [4.69, 9.17) is 5.11 Å². The van der Waals surface area contributed by atoms with Gasteiger partial charge in [0.1, 0.15) is 0 Å². The van der Waals surface area contributed by atoms with E-state index in [1.54, 1.807) is 0 Å². The Balaban J connectivity index is 1.79. The molecule has 0 spiro atoms. The van der Waals surface area contributed by atoms with Gasteiger partial charge in [0.15, 0.2) is 0 Å². The van der Waals surface area contributed by atoms with Gasteiger partial charge in [0.2, 0.25) is 0 Å². The highest BCUT2D eigenvalue weighted by Gasteiger charge is 2.30. The second kappa shape index (κ2) is 4.57. The van der Waals surface area contributed by atoms with Crippen molar-refractivity contribution in [1.29, 1.82) is 0 Å². The Kier molecular flexibility index (Phi) is 3.38. The Morgan fingerprint density at radius 2 is 2.14 bits per heavy atom. The first-order chi connectivity index (χ1) is 6.79. The van der Waals surface area contributed by atoms with Gasteiger partial charge in [-0.25, -0.2) is 0 Å². The molecular formula is C10H20N2O2. The van der Waals surface area contributed by atoms with Gasteiger partial charge in [-0.1, -0.05) is 0 Å². The fraction of sp³-hybridized carbons (Fsp3) is 1.00. The van der Waals surface area contributed by atoms with Crippen LogP contribution in [0.2, 0.25) is 0 Å². The molecular weight excluding hydrogens is 180 g/mol. The van der Waals surface area contributed by atoms with E-state index in [1.807, 2.05) is 0 Å². The number of hydrogen-bond donors (Lipinski definition) is 2. The van der Waals surface area contributed by atoms with Gasteiger partial charge in [-0.3, -0.25) is 9.80 Å². The third-order valence-corrected chi connectivity index (χ3v) is 3.35. The Morgan fingerprint density at radius 3 is 2.93 bits per heavy atom. The van der Waals surface area contributed by atoms with Crippen LogP contribution in [0, 0.1) is 0 Å². The van der Waals surface area contributed by atoms with E-state index in [0.29, 0.717) is 12.6 Å². The van der Waals surface area contributed by atoms with E-state index in [0.717, 1.165) is 19.6 Å². The van der Waals surface area contributed by atoms with Crippen molar-refractivity contribution >= 4 is 0 Å². The lowest BCUT2D eigenvalue weighted by Crippen LogP contribution is -2.52. The zero-order chi connectivity index (χ0) is 9.97. The fourth-order valence-electron chi connectivity index (χ4n) is 2.58. The molecule has 0 aliphatic carbocycles. The van der Waals surface area contributed by atoms with Gasteiger partial charge in [-0.15, -0.1) is 0 Å². The highest BCUT2D eigenvalue weighted by atomic mass is 16.3. The summed E-state index contributed by atoms with van der Waals surface area (Å²) in [4.78, 5) is 4.81. The first kappa shape index (κ1) is 10.4. The monoisotopic (exact) mass is 200 g/mol. The third kappa shape index (κ3) is 2.25. The normalized spacial score (nSPS) is 31.7. The molecule has 4 heteroatoms.